The quantitative estimate of drug-likeness (QED) is 0.117. The van der Waals surface area contributed by atoms with Crippen molar-refractivity contribution in [1.82, 2.24) is 20.0 Å². The molecule has 0 atom stereocenters. The number of hydrogen-bond acceptors (Lipinski definition) is 7. The third-order valence-corrected chi connectivity index (χ3v) is 8.21. The van der Waals surface area contributed by atoms with Gasteiger partial charge in [-0.3, -0.25) is 4.79 Å². The van der Waals surface area contributed by atoms with Crippen LogP contribution < -0.4 is 14.9 Å². The summed E-state index contributed by atoms with van der Waals surface area (Å²) < 4.78 is 38.8. The first-order valence-electron chi connectivity index (χ1n) is 14.2. The van der Waals surface area contributed by atoms with Crippen LogP contribution in [0.2, 0.25) is 0 Å². The Kier molecular flexibility index (Phi) is 16.3. The maximum Gasteiger partial charge on any atom is 0.240 e. The first-order valence-corrected chi connectivity index (χ1v) is 16.2. The predicted octanol–water partition coefficient (Wildman–Crippen LogP) is 5.06. The number of rotatable bonds is 20. The second-order valence-electron chi connectivity index (χ2n) is 9.94. The fraction of sp³-hybridized carbons (Fsp3) is 0.484. The van der Waals surface area contributed by atoms with Gasteiger partial charge in [-0.2, -0.15) is 0 Å². The Hall–Kier alpha value is -2.96. The number of imidazole rings is 1. The number of sulfonamides is 1. The second kappa shape index (κ2) is 19.3. The molecule has 43 heavy (non-hydrogen) atoms. The molecule has 0 saturated heterocycles. The van der Waals surface area contributed by atoms with Gasteiger partial charge in [0.25, 0.3) is 0 Å². The van der Waals surface area contributed by atoms with Gasteiger partial charge >= 0.3 is 0 Å². The Morgan fingerprint density at radius 1 is 0.884 bits per heavy atom. The van der Waals surface area contributed by atoms with E-state index in [-0.39, 0.29) is 31.2 Å². The summed E-state index contributed by atoms with van der Waals surface area (Å²) in [4.78, 5) is 21.9. The number of ether oxygens (including phenoxy) is 2. The molecule has 0 fully saturated rings. The summed E-state index contributed by atoms with van der Waals surface area (Å²) in [7, 11) is 0.222. The summed E-state index contributed by atoms with van der Waals surface area (Å²) >= 11 is 5.65. The Labute approximate surface area is 261 Å². The van der Waals surface area contributed by atoms with Crippen LogP contribution in [0.5, 0.6) is 0 Å². The van der Waals surface area contributed by atoms with E-state index >= 15 is 0 Å². The van der Waals surface area contributed by atoms with E-state index < -0.39 is 10.0 Å². The number of aromatic nitrogens is 2. The van der Waals surface area contributed by atoms with Crippen LogP contribution in [-0.2, 0) is 24.3 Å². The van der Waals surface area contributed by atoms with Gasteiger partial charge in [0.15, 0.2) is 0 Å². The number of benzene rings is 2. The molecule has 1 aromatic heterocycles. The van der Waals surface area contributed by atoms with Crippen molar-refractivity contribution in [2.75, 3.05) is 64.4 Å². The van der Waals surface area contributed by atoms with Crippen molar-refractivity contribution in [2.24, 2.45) is 0 Å². The molecule has 0 spiro atoms. The van der Waals surface area contributed by atoms with Crippen LogP contribution in [0.4, 0.5) is 5.69 Å². The van der Waals surface area contributed by atoms with Gasteiger partial charge in [0.2, 0.25) is 15.9 Å². The van der Waals surface area contributed by atoms with Crippen molar-refractivity contribution in [3.63, 3.8) is 0 Å². The molecule has 0 radical (unpaired) electrons. The lowest BCUT2D eigenvalue weighted by Gasteiger charge is -2.12. The van der Waals surface area contributed by atoms with Gasteiger partial charge in [0, 0.05) is 57.3 Å². The summed E-state index contributed by atoms with van der Waals surface area (Å²) in [6.45, 7) is 2.39. The monoisotopic (exact) mass is 635 g/mol. The third-order valence-electron chi connectivity index (χ3n) is 6.47. The Morgan fingerprint density at radius 3 is 2.21 bits per heavy atom. The van der Waals surface area contributed by atoms with Gasteiger partial charge in [-0.05, 0) is 54.8 Å². The van der Waals surface area contributed by atoms with Crippen LogP contribution in [0, 0.1) is 0 Å². The first kappa shape index (κ1) is 36.2. The Bertz CT molecular complexity index is 1320. The third kappa shape index (κ3) is 12.7. The van der Waals surface area contributed by atoms with Crippen molar-refractivity contribution in [3.8, 4) is 22.6 Å². The summed E-state index contributed by atoms with van der Waals surface area (Å²) in [5.41, 5.74) is 3.74. The molecule has 3 N–H and O–H groups in total. The zero-order chi connectivity index (χ0) is 30.2. The summed E-state index contributed by atoms with van der Waals surface area (Å²) in [6, 6.07) is 14.6. The van der Waals surface area contributed by atoms with Crippen LogP contribution in [0.1, 0.15) is 39.5 Å². The van der Waals surface area contributed by atoms with Crippen molar-refractivity contribution >= 4 is 33.2 Å². The van der Waals surface area contributed by atoms with E-state index in [0.29, 0.717) is 44.7 Å². The molecule has 3 aromatic rings. The fourth-order valence-corrected chi connectivity index (χ4v) is 5.27. The van der Waals surface area contributed by atoms with Gasteiger partial charge in [-0.15, -0.1) is 11.6 Å². The molecule has 2 aromatic carbocycles. The Balaban J connectivity index is 0.00000645. The van der Waals surface area contributed by atoms with E-state index in [1.807, 2.05) is 43.3 Å². The lowest BCUT2D eigenvalue weighted by atomic mass is 10.1. The minimum absolute atomic E-state index is 0. The topological polar surface area (TPSA) is 126 Å². The first-order chi connectivity index (χ1) is 20.3. The van der Waals surface area contributed by atoms with Gasteiger partial charge in [-0.25, -0.2) is 18.1 Å². The number of H-pyrrole nitrogens is 1. The Morgan fingerprint density at radius 2 is 1.53 bits per heavy atom. The highest BCUT2D eigenvalue weighted by Gasteiger charge is 2.15. The molecule has 0 aliphatic rings. The highest BCUT2D eigenvalue weighted by molar-refractivity contribution is 7.89. The van der Waals surface area contributed by atoms with E-state index in [1.54, 1.807) is 18.3 Å². The number of nitrogens with one attached hydrogen (secondary N) is 3. The number of carbonyl (C=O) groups is 1. The van der Waals surface area contributed by atoms with Crippen molar-refractivity contribution in [2.45, 2.75) is 44.4 Å². The van der Waals surface area contributed by atoms with E-state index in [0.717, 1.165) is 48.2 Å². The number of anilines is 1. The number of hydrogen-bond donors (Lipinski definition) is 3. The fourth-order valence-electron chi connectivity index (χ4n) is 4.05. The van der Waals surface area contributed by atoms with E-state index in [4.69, 9.17) is 21.1 Å². The largest absolute Gasteiger partial charge is 0.379 e. The minimum Gasteiger partial charge on any atom is -0.379 e. The zero-order valence-electron chi connectivity index (χ0n) is 24.4. The molecule has 0 unspecified atom stereocenters. The van der Waals surface area contributed by atoms with E-state index in [1.165, 1.54) is 12.1 Å². The molecule has 10 nitrogen and oxygen atoms in total. The highest BCUT2D eigenvalue weighted by atomic mass is 35.5. The predicted molar refractivity (Wildman–Crippen MR) is 174 cm³/mol. The van der Waals surface area contributed by atoms with Crippen LogP contribution in [0.25, 0.3) is 22.6 Å². The van der Waals surface area contributed by atoms with E-state index in [2.05, 4.69) is 20.0 Å². The van der Waals surface area contributed by atoms with Crippen molar-refractivity contribution < 1.29 is 22.7 Å². The van der Waals surface area contributed by atoms with Crippen molar-refractivity contribution in [1.29, 1.82) is 0 Å². The molecule has 0 aliphatic heterocycles. The number of halogens is 1. The SMILES string of the molecule is C.CN(C)c1ccc(-c2cnc(-c3ccc(S(=O)(=O)NCCC(=O)NCCOCCOCCCCCCCl)cc3)[nH]2)cc1. The molecule has 1 amide bonds. The molecule has 1 heterocycles. The summed E-state index contributed by atoms with van der Waals surface area (Å²) in [5.74, 6) is 1.09. The number of unbranched alkanes of at least 4 members (excludes halogenated alkanes) is 3. The second-order valence-corrected chi connectivity index (χ2v) is 12.1. The molecule has 0 aliphatic carbocycles. The molecule has 238 valence electrons. The molecular formula is C31H46ClN5O5S. The molecule has 3 rings (SSSR count). The van der Waals surface area contributed by atoms with Gasteiger partial charge in [0.05, 0.1) is 36.6 Å². The average molecular weight is 636 g/mol. The van der Waals surface area contributed by atoms with Crippen LogP contribution in [-0.4, -0.2) is 83.8 Å². The van der Waals surface area contributed by atoms with Gasteiger partial charge in [-0.1, -0.05) is 32.4 Å². The molecule has 0 bridgehead atoms. The highest BCUT2D eigenvalue weighted by Crippen LogP contribution is 2.25. The zero-order valence-corrected chi connectivity index (χ0v) is 26.0. The van der Waals surface area contributed by atoms with Crippen LogP contribution in [0.3, 0.4) is 0 Å². The lowest BCUT2D eigenvalue weighted by Crippen LogP contribution is -2.32. The number of nitrogens with zero attached hydrogens (tertiary/aromatic N) is 2. The average Bonchev–Trinajstić information content (AvgIpc) is 3.48. The molecule has 0 saturated carbocycles. The number of alkyl halides is 1. The summed E-state index contributed by atoms with van der Waals surface area (Å²) in [5, 5.41) is 2.72. The van der Waals surface area contributed by atoms with E-state index in [9.17, 15) is 13.2 Å². The number of amides is 1. The lowest BCUT2D eigenvalue weighted by molar-refractivity contribution is -0.121. The molecular weight excluding hydrogens is 590 g/mol. The normalized spacial score (nSPS) is 11.2. The number of carbonyl (C=O) groups excluding carboxylic acids is 1. The number of aromatic amines is 1. The van der Waals surface area contributed by atoms with Crippen LogP contribution >= 0.6 is 11.6 Å². The standard InChI is InChI=1S/C30H42ClN5O5S.CH4/c1-36(2)26-11-7-24(8-12-26)28-23-33-30(35-28)25-9-13-27(14-10-25)42(38,39)34-17-15-29(37)32-18-20-41-22-21-40-19-6-4-3-5-16-31;/h7-14,23,34H,3-6,15-22H2,1-2H3,(H,32,37)(H,33,35);1H4. The smallest absolute Gasteiger partial charge is 0.240 e. The summed E-state index contributed by atoms with van der Waals surface area (Å²) in [6.07, 6.45) is 6.07. The van der Waals surface area contributed by atoms with Crippen molar-refractivity contribution in [3.05, 3.63) is 54.7 Å². The minimum atomic E-state index is -3.76. The maximum absolute atomic E-state index is 12.7. The molecule has 12 heteroatoms. The van der Waals surface area contributed by atoms with Gasteiger partial charge in [0.1, 0.15) is 5.82 Å². The van der Waals surface area contributed by atoms with Gasteiger partial charge < -0.3 is 24.7 Å². The van der Waals surface area contributed by atoms with Crippen LogP contribution in [0.15, 0.2) is 59.6 Å². The maximum atomic E-state index is 12.7.